The first-order valence-electron chi connectivity index (χ1n) is 7.83. The predicted octanol–water partition coefficient (Wildman–Crippen LogP) is 3.93. The molecule has 0 saturated carbocycles. The number of benzene rings is 1. The van der Waals surface area contributed by atoms with Gasteiger partial charge in [-0.15, -0.1) is 0 Å². The third-order valence-corrected chi connectivity index (χ3v) is 3.53. The van der Waals surface area contributed by atoms with Crippen LogP contribution in [-0.4, -0.2) is 28.4 Å². The molecule has 0 aliphatic carbocycles. The van der Waals surface area contributed by atoms with Gasteiger partial charge in [-0.3, -0.25) is 10.1 Å². The average molecular weight is 311 g/mol. The van der Waals surface area contributed by atoms with Gasteiger partial charge < -0.3 is 14.9 Å². The molecule has 0 aliphatic rings. The highest BCUT2D eigenvalue weighted by molar-refractivity contribution is 5.52. The highest BCUT2D eigenvalue weighted by atomic mass is 16.6. The molecule has 0 aromatic heterocycles. The van der Waals surface area contributed by atoms with Gasteiger partial charge in [0.15, 0.2) is 11.5 Å². The van der Waals surface area contributed by atoms with Gasteiger partial charge in [0.2, 0.25) is 0 Å². The van der Waals surface area contributed by atoms with Gasteiger partial charge in [-0.25, -0.2) is 0 Å². The van der Waals surface area contributed by atoms with Crippen LogP contribution in [0.15, 0.2) is 12.1 Å². The first-order valence-corrected chi connectivity index (χ1v) is 7.83. The third-order valence-electron chi connectivity index (χ3n) is 3.53. The largest absolute Gasteiger partial charge is 0.504 e. The van der Waals surface area contributed by atoms with Crippen molar-refractivity contribution >= 4 is 5.69 Å². The van der Waals surface area contributed by atoms with Gasteiger partial charge in [-0.2, -0.15) is 0 Å². The van der Waals surface area contributed by atoms with Gasteiger partial charge in [0.05, 0.1) is 17.6 Å². The molecule has 22 heavy (non-hydrogen) atoms. The number of aromatic hydroxyl groups is 2. The highest BCUT2D eigenvalue weighted by Gasteiger charge is 2.17. The Balaban J connectivity index is 2.30. The first-order chi connectivity index (χ1) is 10.6. The normalized spacial score (nSPS) is 10.8. The molecule has 1 aromatic carbocycles. The molecule has 0 spiro atoms. The van der Waals surface area contributed by atoms with E-state index >= 15 is 0 Å². The van der Waals surface area contributed by atoms with Crippen LogP contribution in [0.25, 0.3) is 0 Å². The van der Waals surface area contributed by atoms with Crippen LogP contribution in [-0.2, 0) is 11.2 Å². The number of nitro groups is 1. The van der Waals surface area contributed by atoms with Crippen LogP contribution in [0.5, 0.6) is 11.5 Å². The summed E-state index contributed by atoms with van der Waals surface area (Å²) in [6, 6.07) is 2.19. The fourth-order valence-electron chi connectivity index (χ4n) is 2.25. The molecular formula is C16H25NO5. The fraction of sp³-hybridized carbons (Fsp3) is 0.625. The molecule has 0 unspecified atom stereocenters. The smallest absolute Gasteiger partial charge is 0.276 e. The molecule has 0 saturated heterocycles. The summed E-state index contributed by atoms with van der Waals surface area (Å²) in [4.78, 5) is 10.4. The van der Waals surface area contributed by atoms with Crippen LogP contribution < -0.4 is 0 Å². The van der Waals surface area contributed by atoms with Crippen LogP contribution in [0.4, 0.5) is 5.69 Å². The average Bonchev–Trinajstić information content (AvgIpc) is 2.48. The number of ether oxygens (including phenoxy) is 1. The summed E-state index contributed by atoms with van der Waals surface area (Å²) in [5.41, 5.74) is 0.168. The molecule has 6 nitrogen and oxygen atoms in total. The number of hydrogen-bond donors (Lipinski definition) is 2. The lowest BCUT2D eigenvalue weighted by molar-refractivity contribution is -0.385. The number of hydrogen-bond acceptors (Lipinski definition) is 5. The van der Waals surface area contributed by atoms with Crippen molar-refractivity contribution in [3.63, 3.8) is 0 Å². The number of unbranched alkanes of at least 4 members (excludes halogenated alkanes) is 5. The van der Waals surface area contributed by atoms with Crippen LogP contribution in [0.1, 0.15) is 51.0 Å². The van der Waals surface area contributed by atoms with E-state index in [1.165, 1.54) is 31.7 Å². The number of phenolic OH excluding ortho intramolecular Hbond substituents is 2. The minimum absolute atomic E-state index is 0.196. The minimum atomic E-state index is -0.567. The second-order valence-electron chi connectivity index (χ2n) is 5.36. The maximum atomic E-state index is 10.9. The van der Waals surface area contributed by atoms with Gasteiger partial charge in [-0.05, 0) is 12.5 Å². The van der Waals surface area contributed by atoms with Crippen LogP contribution in [0.3, 0.4) is 0 Å². The summed E-state index contributed by atoms with van der Waals surface area (Å²) in [7, 11) is 0. The molecule has 0 fully saturated rings. The number of rotatable bonds is 11. The van der Waals surface area contributed by atoms with Gasteiger partial charge >= 0.3 is 0 Å². The Morgan fingerprint density at radius 3 is 2.36 bits per heavy atom. The molecule has 124 valence electrons. The van der Waals surface area contributed by atoms with E-state index < -0.39 is 10.7 Å². The predicted molar refractivity (Wildman–Crippen MR) is 84.3 cm³/mol. The second kappa shape index (κ2) is 10.00. The van der Waals surface area contributed by atoms with Gasteiger partial charge in [-0.1, -0.05) is 39.0 Å². The van der Waals surface area contributed by atoms with E-state index in [0.717, 1.165) is 18.9 Å². The molecule has 2 N–H and O–H groups in total. The molecule has 1 aromatic rings. The Hall–Kier alpha value is -1.82. The Bertz CT molecular complexity index is 476. The van der Waals surface area contributed by atoms with Crippen molar-refractivity contribution in [2.75, 3.05) is 13.2 Å². The van der Waals surface area contributed by atoms with E-state index in [2.05, 4.69) is 6.92 Å². The second-order valence-corrected chi connectivity index (χ2v) is 5.36. The fourth-order valence-corrected chi connectivity index (χ4v) is 2.25. The van der Waals surface area contributed by atoms with Crippen LogP contribution in [0, 0.1) is 10.1 Å². The molecule has 0 atom stereocenters. The van der Waals surface area contributed by atoms with Crippen LogP contribution in [0.2, 0.25) is 0 Å². The molecule has 0 amide bonds. The molecular weight excluding hydrogens is 286 g/mol. The summed E-state index contributed by atoms with van der Waals surface area (Å²) < 4.78 is 5.48. The van der Waals surface area contributed by atoms with Gasteiger partial charge in [0.25, 0.3) is 5.69 Å². The van der Waals surface area contributed by atoms with E-state index in [4.69, 9.17) is 4.74 Å². The SMILES string of the molecule is CCCCCCCCOCCc1cc(O)c(O)cc1[N+](=O)[O-]. The van der Waals surface area contributed by atoms with Crippen molar-refractivity contribution < 1.29 is 19.9 Å². The molecule has 0 aliphatic heterocycles. The summed E-state index contributed by atoms with van der Waals surface area (Å²) in [6.45, 7) is 3.19. The molecule has 0 bridgehead atoms. The van der Waals surface area contributed by atoms with Crippen molar-refractivity contribution in [3.05, 3.63) is 27.8 Å². The van der Waals surface area contributed by atoms with E-state index in [1.807, 2.05) is 0 Å². The zero-order valence-electron chi connectivity index (χ0n) is 13.1. The van der Waals surface area contributed by atoms with Gasteiger partial charge in [0, 0.05) is 18.6 Å². The van der Waals surface area contributed by atoms with Crippen LogP contribution >= 0.6 is 0 Å². The quantitative estimate of drug-likeness (QED) is 0.279. The first kappa shape index (κ1) is 18.2. The molecule has 1 rings (SSSR count). The molecule has 0 heterocycles. The standard InChI is InChI=1S/C16H25NO5/c1-2-3-4-5-6-7-9-22-10-8-13-11-15(18)16(19)12-14(13)17(20)21/h11-12,18-19H,2-10H2,1H3. The lowest BCUT2D eigenvalue weighted by Crippen LogP contribution is -2.03. The Labute approximate surface area is 130 Å². The lowest BCUT2D eigenvalue weighted by atomic mass is 10.1. The number of nitro benzene ring substituents is 1. The summed E-state index contributed by atoms with van der Waals surface area (Å²) in [5.74, 6) is -0.833. The maximum Gasteiger partial charge on any atom is 0.276 e. The zero-order valence-corrected chi connectivity index (χ0v) is 13.1. The molecule has 6 heteroatoms. The minimum Gasteiger partial charge on any atom is -0.504 e. The third kappa shape index (κ3) is 6.30. The van der Waals surface area contributed by atoms with Crippen molar-refractivity contribution in [1.29, 1.82) is 0 Å². The summed E-state index contributed by atoms with van der Waals surface area (Å²) in [6.07, 6.45) is 7.44. The topological polar surface area (TPSA) is 92.8 Å². The number of nitrogens with zero attached hydrogens (tertiary/aromatic N) is 1. The monoisotopic (exact) mass is 311 g/mol. The van der Waals surface area contributed by atoms with Crippen molar-refractivity contribution in [3.8, 4) is 11.5 Å². The van der Waals surface area contributed by atoms with E-state index in [0.29, 0.717) is 25.2 Å². The lowest BCUT2D eigenvalue weighted by Gasteiger charge is -2.07. The van der Waals surface area contributed by atoms with Crippen molar-refractivity contribution in [2.45, 2.75) is 51.9 Å². The summed E-state index contributed by atoms with van der Waals surface area (Å²) in [5, 5.41) is 29.7. The Morgan fingerprint density at radius 2 is 1.68 bits per heavy atom. The zero-order chi connectivity index (χ0) is 16.4. The Kier molecular flexibility index (Phi) is 8.28. The molecule has 0 radical (unpaired) electrons. The Morgan fingerprint density at radius 1 is 1.05 bits per heavy atom. The van der Waals surface area contributed by atoms with E-state index in [9.17, 15) is 20.3 Å². The number of phenols is 2. The maximum absolute atomic E-state index is 10.9. The van der Waals surface area contributed by atoms with E-state index in [1.54, 1.807) is 0 Å². The summed E-state index contributed by atoms with van der Waals surface area (Å²) >= 11 is 0. The van der Waals surface area contributed by atoms with Gasteiger partial charge in [0.1, 0.15) is 0 Å². The van der Waals surface area contributed by atoms with E-state index in [-0.39, 0.29) is 11.4 Å². The van der Waals surface area contributed by atoms with Crippen molar-refractivity contribution in [1.82, 2.24) is 0 Å². The highest BCUT2D eigenvalue weighted by Crippen LogP contribution is 2.32. The van der Waals surface area contributed by atoms with Crippen molar-refractivity contribution in [2.24, 2.45) is 0 Å².